The molecule has 0 bridgehead atoms. The van der Waals surface area contributed by atoms with Crippen molar-refractivity contribution in [2.24, 2.45) is 0 Å². The maximum absolute atomic E-state index is 11.2. The molecule has 6 heteroatoms. The predicted octanol–water partition coefficient (Wildman–Crippen LogP) is 3.28. The maximum Gasteiger partial charge on any atom is 0.338 e. The molecular formula is C18H20O6. The number of benzene rings is 2. The Hall–Kier alpha value is -3.02. The predicted molar refractivity (Wildman–Crippen MR) is 88.6 cm³/mol. The van der Waals surface area contributed by atoms with Gasteiger partial charge in [0.05, 0.1) is 17.7 Å². The number of carboxylic acid groups (broad SMARTS) is 1. The third kappa shape index (κ3) is 5.31. The second-order valence-corrected chi connectivity index (χ2v) is 5.03. The number of carbonyl (C=O) groups is 2. The van der Waals surface area contributed by atoms with Crippen LogP contribution in [0.4, 0.5) is 0 Å². The van der Waals surface area contributed by atoms with Crippen LogP contribution in [0, 0.1) is 13.8 Å². The van der Waals surface area contributed by atoms with Crippen molar-refractivity contribution in [1.29, 1.82) is 0 Å². The highest BCUT2D eigenvalue weighted by molar-refractivity contribution is 5.89. The number of hydrogen-bond acceptors (Lipinski definition) is 5. The SMILES string of the molecule is CCOC(=O)c1ccc(O)c(C)c1.Cc1cc(C(=O)O)ccc1O. The van der Waals surface area contributed by atoms with Crippen molar-refractivity contribution in [1.82, 2.24) is 0 Å². The molecule has 24 heavy (non-hydrogen) atoms. The van der Waals surface area contributed by atoms with E-state index in [-0.39, 0.29) is 23.0 Å². The molecule has 0 saturated heterocycles. The maximum atomic E-state index is 11.2. The fourth-order valence-corrected chi connectivity index (χ4v) is 1.79. The van der Waals surface area contributed by atoms with Gasteiger partial charge in [-0.15, -0.1) is 0 Å². The molecule has 0 radical (unpaired) electrons. The summed E-state index contributed by atoms with van der Waals surface area (Å²) in [6, 6.07) is 8.80. The number of aryl methyl sites for hydroxylation is 2. The Bertz CT molecular complexity index is 736. The number of carboxylic acids is 1. The van der Waals surface area contributed by atoms with E-state index in [9.17, 15) is 14.7 Å². The van der Waals surface area contributed by atoms with Crippen LogP contribution in [0.5, 0.6) is 11.5 Å². The summed E-state index contributed by atoms with van der Waals surface area (Å²) < 4.78 is 4.80. The summed E-state index contributed by atoms with van der Waals surface area (Å²) in [5.41, 5.74) is 1.91. The van der Waals surface area contributed by atoms with Gasteiger partial charge >= 0.3 is 11.9 Å². The number of rotatable bonds is 3. The van der Waals surface area contributed by atoms with Crippen LogP contribution in [-0.2, 0) is 4.74 Å². The zero-order valence-corrected chi connectivity index (χ0v) is 13.7. The normalized spacial score (nSPS) is 9.62. The molecule has 0 unspecified atom stereocenters. The number of phenolic OH excluding ortho intramolecular Hbond substituents is 2. The van der Waals surface area contributed by atoms with Crippen LogP contribution in [0.3, 0.4) is 0 Å². The highest BCUT2D eigenvalue weighted by Crippen LogP contribution is 2.17. The summed E-state index contributed by atoms with van der Waals surface area (Å²) in [5.74, 6) is -1.03. The molecular weight excluding hydrogens is 312 g/mol. The van der Waals surface area contributed by atoms with Crippen LogP contribution in [0.2, 0.25) is 0 Å². The van der Waals surface area contributed by atoms with Crippen molar-refractivity contribution in [2.45, 2.75) is 20.8 Å². The van der Waals surface area contributed by atoms with Gasteiger partial charge in [0.15, 0.2) is 0 Å². The van der Waals surface area contributed by atoms with Crippen molar-refractivity contribution >= 4 is 11.9 Å². The number of esters is 1. The molecule has 0 saturated carbocycles. The minimum atomic E-state index is -0.979. The van der Waals surface area contributed by atoms with Crippen LogP contribution in [0.15, 0.2) is 36.4 Å². The van der Waals surface area contributed by atoms with E-state index in [0.29, 0.717) is 23.3 Å². The lowest BCUT2D eigenvalue weighted by Gasteiger charge is -2.03. The molecule has 0 aliphatic rings. The van der Waals surface area contributed by atoms with Crippen LogP contribution >= 0.6 is 0 Å². The molecule has 0 aliphatic heterocycles. The number of aromatic hydroxyl groups is 2. The molecule has 0 atom stereocenters. The lowest BCUT2D eigenvalue weighted by molar-refractivity contribution is 0.0525. The lowest BCUT2D eigenvalue weighted by Crippen LogP contribution is -2.04. The number of ether oxygens (including phenoxy) is 1. The van der Waals surface area contributed by atoms with Crippen LogP contribution in [0.1, 0.15) is 38.8 Å². The lowest BCUT2D eigenvalue weighted by atomic mass is 10.1. The van der Waals surface area contributed by atoms with E-state index in [1.165, 1.54) is 24.3 Å². The van der Waals surface area contributed by atoms with Gasteiger partial charge in [-0.05, 0) is 68.3 Å². The fourth-order valence-electron chi connectivity index (χ4n) is 1.79. The van der Waals surface area contributed by atoms with Crippen molar-refractivity contribution in [3.05, 3.63) is 58.7 Å². The minimum Gasteiger partial charge on any atom is -0.508 e. The van der Waals surface area contributed by atoms with Gasteiger partial charge in [-0.3, -0.25) is 0 Å². The van der Waals surface area contributed by atoms with Crippen molar-refractivity contribution in [2.75, 3.05) is 6.61 Å². The Morgan fingerprint density at radius 3 is 1.79 bits per heavy atom. The highest BCUT2D eigenvalue weighted by atomic mass is 16.5. The summed E-state index contributed by atoms with van der Waals surface area (Å²) in [7, 11) is 0. The van der Waals surface area contributed by atoms with E-state index in [1.54, 1.807) is 32.9 Å². The summed E-state index contributed by atoms with van der Waals surface area (Å²) in [6.45, 7) is 5.50. The van der Waals surface area contributed by atoms with E-state index in [2.05, 4.69) is 0 Å². The number of aromatic carboxylic acids is 1. The van der Waals surface area contributed by atoms with Gasteiger partial charge in [0.1, 0.15) is 11.5 Å². The molecule has 0 aromatic heterocycles. The number of phenols is 2. The first-order valence-electron chi connectivity index (χ1n) is 7.26. The zero-order valence-electron chi connectivity index (χ0n) is 13.7. The molecule has 0 aliphatic carbocycles. The molecule has 2 aromatic carbocycles. The number of carbonyl (C=O) groups excluding carboxylic acids is 1. The quantitative estimate of drug-likeness (QED) is 0.745. The average molecular weight is 332 g/mol. The van der Waals surface area contributed by atoms with E-state index in [0.717, 1.165) is 0 Å². The Morgan fingerprint density at radius 2 is 1.38 bits per heavy atom. The highest BCUT2D eigenvalue weighted by Gasteiger charge is 2.07. The van der Waals surface area contributed by atoms with Gasteiger partial charge in [0.25, 0.3) is 0 Å². The summed E-state index contributed by atoms with van der Waals surface area (Å²) in [5, 5.41) is 26.8. The van der Waals surface area contributed by atoms with Crippen LogP contribution in [0.25, 0.3) is 0 Å². The molecule has 2 rings (SSSR count). The van der Waals surface area contributed by atoms with Gasteiger partial charge in [-0.2, -0.15) is 0 Å². The van der Waals surface area contributed by atoms with E-state index < -0.39 is 5.97 Å². The fraction of sp³-hybridized carbons (Fsp3) is 0.222. The first-order chi connectivity index (χ1) is 11.3. The van der Waals surface area contributed by atoms with Crippen LogP contribution in [-0.4, -0.2) is 33.9 Å². The van der Waals surface area contributed by atoms with Crippen molar-refractivity contribution in [3.8, 4) is 11.5 Å². The summed E-state index contributed by atoms with van der Waals surface area (Å²) in [6.07, 6.45) is 0. The van der Waals surface area contributed by atoms with Crippen molar-refractivity contribution < 1.29 is 29.6 Å². The molecule has 0 fully saturated rings. The third-order valence-electron chi connectivity index (χ3n) is 3.15. The van der Waals surface area contributed by atoms with E-state index in [4.69, 9.17) is 14.9 Å². The summed E-state index contributed by atoms with van der Waals surface area (Å²) >= 11 is 0. The first-order valence-corrected chi connectivity index (χ1v) is 7.26. The monoisotopic (exact) mass is 332 g/mol. The van der Waals surface area contributed by atoms with Gasteiger partial charge in [-0.1, -0.05) is 0 Å². The Balaban J connectivity index is 0.000000243. The molecule has 6 nitrogen and oxygen atoms in total. The van der Waals surface area contributed by atoms with Gasteiger partial charge < -0.3 is 20.1 Å². The van der Waals surface area contributed by atoms with E-state index >= 15 is 0 Å². The van der Waals surface area contributed by atoms with E-state index in [1.807, 2.05) is 0 Å². The number of hydrogen-bond donors (Lipinski definition) is 3. The average Bonchev–Trinajstić information content (AvgIpc) is 2.53. The molecule has 0 amide bonds. The van der Waals surface area contributed by atoms with Crippen LogP contribution < -0.4 is 0 Å². The molecule has 128 valence electrons. The standard InChI is InChI=1S/C10H12O3.C8H8O3/c1-3-13-10(12)8-4-5-9(11)7(2)6-8;1-5-4-6(8(10)11)2-3-7(5)9/h4-6,11H,3H2,1-2H3;2-4,9H,1H3,(H,10,11). The Morgan fingerprint density at radius 1 is 0.917 bits per heavy atom. The smallest absolute Gasteiger partial charge is 0.338 e. The van der Waals surface area contributed by atoms with Crippen molar-refractivity contribution in [3.63, 3.8) is 0 Å². The zero-order chi connectivity index (χ0) is 18.3. The topological polar surface area (TPSA) is 104 Å². The largest absolute Gasteiger partial charge is 0.508 e. The molecule has 3 N–H and O–H groups in total. The van der Waals surface area contributed by atoms with Gasteiger partial charge in [-0.25, -0.2) is 9.59 Å². The Kier molecular flexibility index (Phi) is 6.79. The second-order valence-electron chi connectivity index (χ2n) is 5.03. The first kappa shape index (κ1) is 19.0. The molecule has 2 aromatic rings. The molecule has 0 spiro atoms. The minimum absolute atomic E-state index is 0.120. The molecule has 0 heterocycles. The summed E-state index contributed by atoms with van der Waals surface area (Å²) in [4.78, 5) is 21.6. The van der Waals surface area contributed by atoms with Gasteiger partial charge in [0, 0.05) is 0 Å². The Labute approximate surface area is 140 Å². The third-order valence-corrected chi connectivity index (χ3v) is 3.15. The second kappa shape index (κ2) is 8.57. The van der Waals surface area contributed by atoms with Gasteiger partial charge in [0.2, 0.25) is 0 Å².